The van der Waals surface area contributed by atoms with Crippen LogP contribution in [0.25, 0.3) is 6.08 Å². The van der Waals surface area contributed by atoms with Gasteiger partial charge in [0.05, 0.1) is 7.11 Å². The van der Waals surface area contributed by atoms with E-state index in [0.717, 1.165) is 11.8 Å². The molecule has 8 heteroatoms. The van der Waals surface area contributed by atoms with E-state index in [1.165, 1.54) is 25.3 Å². The summed E-state index contributed by atoms with van der Waals surface area (Å²) < 4.78 is 4.87. The zero-order valence-electron chi connectivity index (χ0n) is 11.3. The number of rotatable bonds is 5. The van der Waals surface area contributed by atoms with Crippen LogP contribution in [0.15, 0.2) is 28.3 Å². The highest BCUT2D eigenvalue weighted by Gasteiger charge is 2.13. The summed E-state index contributed by atoms with van der Waals surface area (Å²) in [6.07, 6.45) is 1.39. The average molecular weight is 306 g/mol. The number of hydrogen-bond acceptors (Lipinski definition) is 6. The Kier molecular flexibility index (Phi) is 4.49. The van der Waals surface area contributed by atoms with Crippen molar-refractivity contribution in [1.82, 2.24) is 15.2 Å². The number of aromatic nitrogens is 3. The van der Waals surface area contributed by atoms with E-state index in [0.29, 0.717) is 16.5 Å². The molecule has 1 aromatic heterocycles. The highest BCUT2D eigenvalue weighted by molar-refractivity contribution is 8.04. The van der Waals surface area contributed by atoms with Crippen molar-refractivity contribution in [2.75, 3.05) is 7.11 Å². The monoisotopic (exact) mass is 306 g/mol. The first-order valence-corrected chi connectivity index (χ1v) is 6.68. The number of nitrogens with one attached hydrogen (secondary N) is 1. The maximum Gasteiger partial charge on any atom is 0.342 e. The van der Waals surface area contributed by atoms with Gasteiger partial charge in [0.15, 0.2) is 0 Å². The summed E-state index contributed by atoms with van der Waals surface area (Å²) in [5.41, 5.74) is 0.470. The molecule has 0 bridgehead atoms. The lowest BCUT2D eigenvalue weighted by atomic mass is 10.2. The first kappa shape index (κ1) is 14.9. The number of ether oxygens (including phenoxy) is 1. The van der Waals surface area contributed by atoms with Crippen molar-refractivity contribution in [2.45, 2.75) is 12.1 Å². The molecule has 0 aliphatic rings. The Labute approximate surface area is 124 Å². The summed E-state index contributed by atoms with van der Waals surface area (Å²) in [5, 5.41) is 27.7. The van der Waals surface area contributed by atoms with E-state index in [2.05, 4.69) is 15.2 Å². The van der Waals surface area contributed by atoms with Crippen molar-refractivity contribution in [3.63, 3.8) is 0 Å². The van der Waals surface area contributed by atoms with Crippen molar-refractivity contribution in [3.05, 3.63) is 34.5 Å². The van der Waals surface area contributed by atoms with Crippen LogP contribution in [0.3, 0.4) is 0 Å². The molecule has 1 aromatic carbocycles. The first-order chi connectivity index (χ1) is 9.99. The Morgan fingerprint density at radius 2 is 2.29 bits per heavy atom. The number of carboxylic acid groups (broad SMARTS) is 1. The lowest BCUT2D eigenvalue weighted by Gasteiger charge is -2.12. The SMILES string of the molecule is COc1ccc(/C=C(\Sc2n[nH]c(C)n2)C(=O)O)cc1[O-]. The molecule has 0 saturated heterocycles. The Bertz CT molecular complexity index is 696. The number of hydrogen-bond donors (Lipinski definition) is 2. The fourth-order valence-corrected chi connectivity index (χ4v) is 2.29. The summed E-state index contributed by atoms with van der Waals surface area (Å²) in [7, 11) is 1.40. The fraction of sp³-hybridized carbons (Fsp3) is 0.154. The predicted octanol–water partition coefficient (Wildman–Crippen LogP) is 1.41. The van der Waals surface area contributed by atoms with Gasteiger partial charge in [-0.05, 0) is 36.4 Å². The maximum absolute atomic E-state index is 11.6. The molecule has 0 aliphatic heterocycles. The molecule has 0 amide bonds. The lowest BCUT2D eigenvalue weighted by Crippen LogP contribution is -1.98. The Hall–Kier alpha value is -2.48. The standard InChI is InChI=1S/C13H13N3O4S/c1-7-14-13(16-15-7)21-11(12(18)19)6-8-3-4-10(20-2)9(17)5-8/h3-6,17H,1-2H3,(H,18,19)(H,14,15,16)/p-1/b11-6-. The van der Waals surface area contributed by atoms with Crippen LogP contribution >= 0.6 is 11.8 Å². The van der Waals surface area contributed by atoms with Gasteiger partial charge in [-0.3, -0.25) is 5.10 Å². The molecule has 0 fully saturated rings. The third-order valence-corrected chi connectivity index (χ3v) is 3.35. The molecule has 110 valence electrons. The molecule has 0 spiro atoms. The number of aryl methyl sites for hydroxylation is 1. The minimum Gasteiger partial charge on any atom is -0.870 e. The number of aromatic amines is 1. The minimum absolute atomic E-state index is 0.0126. The molecule has 0 unspecified atom stereocenters. The third-order valence-electron chi connectivity index (χ3n) is 2.47. The highest BCUT2D eigenvalue weighted by atomic mass is 32.2. The molecule has 0 saturated carbocycles. The number of carboxylic acids is 1. The molecule has 2 aromatic rings. The summed E-state index contributed by atoms with van der Waals surface area (Å²) in [4.78, 5) is 15.3. The van der Waals surface area contributed by atoms with Gasteiger partial charge in [-0.25, -0.2) is 9.78 Å². The Balaban J connectivity index is 2.29. The van der Waals surface area contributed by atoms with Crippen molar-refractivity contribution in [2.24, 2.45) is 0 Å². The van der Waals surface area contributed by atoms with Gasteiger partial charge < -0.3 is 14.9 Å². The van der Waals surface area contributed by atoms with E-state index < -0.39 is 5.97 Å². The second-order valence-electron chi connectivity index (χ2n) is 4.03. The second-order valence-corrected chi connectivity index (χ2v) is 5.04. The van der Waals surface area contributed by atoms with E-state index in [4.69, 9.17) is 4.74 Å². The van der Waals surface area contributed by atoms with E-state index in [1.54, 1.807) is 13.0 Å². The number of thioether (sulfide) groups is 1. The fourth-order valence-electron chi connectivity index (χ4n) is 1.54. The zero-order valence-corrected chi connectivity index (χ0v) is 12.1. The van der Waals surface area contributed by atoms with E-state index in [1.807, 2.05) is 0 Å². The van der Waals surface area contributed by atoms with Gasteiger partial charge in [-0.15, -0.1) is 5.10 Å². The van der Waals surface area contributed by atoms with Crippen LogP contribution < -0.4 is 9.84 Å². The first-order valence-electron chi connectivity index (χ1n) is 5.86. The van der Waals surface area contributed by atoms with E-state index in [9.17, 15) is 15.0 Å². The predicted molar refractivity (Wildman–Crippen MR) is 75.0 cm³/mol. The van der Waals surface area contributed by atoms with Crippen LogP contribution in [0.1, 0.15) is 11.4 Å². The molecule has 0 aliphatic carbocycles. The zero-order chi connectivity index (χ0) is 15.4. The van der Waals surface area contributed by atoms with Crippen molar-refractivity contribution >= 4 is 23.8 Å². The van der Waals surface area contributed by atoms with Crippen LogP contribution in [-0.2, 0) is 4.79 Å². The van der Waals surface area contributed by atoms with Gasteiger partial charge in [0.1, 0.15) is 16.5 Å². The Morgan fingerprint density at radius 3 is 2.81 bits per heavy atom. The number of aliphatic carboxylic acids is 1. The average Bonchev–Trinajstić information content (AvgIpc) is 2.83. The van der Waals surface area contributed by atoms with E-state index in [-0.39, 0.29) is 16.4 Å². The number of benzene rings is 1. The summed E-state index contributed by atoms with van der Waals surface area (Å²) in [6.45, 7) is 1.72. The number of carbonyl (C=O) groups is 1. The van der Waals surface area contributed by atoms with Gasteiger partial charge in [-0.1, -0.05) is 17.9 Å². The minimum atomic E-state index is -1.12. The van der Waals surface area contributed by atoms with Crippen molar-refractivity contribution in [3.8, 4) is 11.5 Å². The smallest absolute Gasteiger partial charge is 0.342 e. The lowest BCUT2D eigenvalue weighted by molar-refractivity contribution is -0.270. The molecular formula is C13H12N3O4S-. The molecule has 21 heavy (non-hydrogen) atoms. The summed E-state index contributed by atoms with van der Waals surface area (Å²) in [5.74, 6) is -0.629. The molecule has 0 radical (unpaired) electrons. The summed E-state index contributed by atoms with van der Waals surface area (Å²) in [6, 6.07) is 4.41. The second kappa shape index (κ2) is 6.31. The number of methoxy groups -OCH3 is 1. The van der Waals surface area contributed by atoms with Gasteiger partial charge in [0.25, 0.3) is 0 Å². The van der Waals surface area contributed by atoms with E-state index >= 15 is 0 Å². The van der Waals surface area contributed by atoms with Gasteiger partial charge in [0, 0.05) is 0 Å². The largest absolute Gasteiger partial charge is 0.870 e. The van der Waals surface area contributed by atoms with Crippen LogP contribution in [0.4, 0.5) is 0 Å². The van der Waals surface area contributed by atoms with Crippen molar-refractivity contribution in [1.29, 1.82) is 0 Å². The normalized spacial score (nSPS) is 11.4. The van der Waals surface area contributed by atoms with Crippen LogP contribution in [0.2, 0.25) is 0 Å². The molecule has 2 N–H and O–H groups in total. The Morgan fingerprint density at radius 1 is 1.52 bits per heavy atom. The van der Waals surface area contributed by atoms with Crippen molar-refractivity contribution < 1.29 is 19.7 Å². The molecule has 1 heterocycles. The topological polar surface area (TPSA) is 111 Å². The maximum atomic E-state index is 11.6. The van der Waals surface area contributed by atoms with Crippen LogP contribution in [0.5, 0.6) is 11.5 Å². The number of H-pyrrole nitrogens is 1. The van der Waals surface area contributed by atoms with Gasteiger partial charge >= 0.3 is 5.97 Å². The van der Waals surface area contributed by atoms with Gasteiger partial charge in [-0.2, -0.15) is 0 Å². The van der Waals surface area contributed by atoms with Crippen LogP contribution in [0, 0.1) is 6.92 Å². The summed E-state index contributed by atoms with van der Waals surface area (Å²) >= 11 is 0.903. The molecule has 2 rings (SSSR count). The van der Waals surface area contributed by atoms with Gasteiger partial charge in [0.2, 0.25) is 5.16 Å². The number of nitrogens with zero attached hydrogens (tertiary/aromatic N) is 2. The molecule has 7 nitrogen and oxygen atoms in total. The molecule has 0 atom stereocenters. The molecular weight excluding hydrogens is 294 g/mol. The highest BCUT2D eigenvalue weighted by Crippen LogP contribution is 2.28. The van der Waals surface area contributed by atoms with Crippen LogP contribution in [-0.4, -0.2) is 33.4 Å². The third kappa shape index (κ3) is 3.76. The quantitative estimate of drug-likeness (QED) is 0.634.